The molecule has 1 unspecified atom stereocenters. The molecule has 3 rings (SSSR count). The number of rotatable bonds is 4. The van der Waals surface area contributed by atoms with Crippen LogP contribution in [0.5, 0.6) is 0 Å². The van der Waals surface area contributed by atoms with Crippen LogP contribution in [-0.4, -0.2) is 18.1 Å². The van der Waals surface area contributed by atoms with E-state index in [4.69, 9.17) is 0 Å². The number of anilines is 2. The first-order valence-electron chi connectivity index (χ1n) is 7.34. The van der Waals surface area contributed by atoms with Crippen LogP contribution in [0.1, 0.15) is 31.4 Å². The lowest BCUT2D eigenvalue weighted by Gasteiger charge is -2.20. The molecule has 2 heterocycles. The summed E-state index contributed by atoms with van der Waals surface area (Å²) in [7, 11) is 0. The zero-order valence-corrected chi connectivity index (χ0v) is 11.9. The molecule has 0 bridgehead atoms. The number of pyridine rings is 1. The highest BCUT2D eigenvalue weighted by Crippen LogP contribution is 2.25. The average Bonchev–Trinajstić information content (AvgIpc) is 3.03. The SMILES string of the molecule is CC(Nc1cccc(N2CCCC2)c1)c1ccncc1. The van der Waals surface area contributed by atoms with Crippen LogP contribution >= 0.6 is 0 Å². The van der Waals surface area contributed by atoms with Crippen molar-refractivity contribution in [2.24, 2.45) is 0 Å². The van der Waals surface area contributed by atoms with E-state index < -0.39 is 0 Å². The number of aromatic nitrogens is 1. The van der Waals surface area contributed by atoms with Gasteiger partial charge in [0, 0.05) is 42.9 Å². The predicted octanol–water partition coefficient (Wildman–Crippen LogP) is 3.85. The highest BCUT2D eigenvalue weighted by Gasteiger charge is 2.13. The van der Waals surface area contributed by atoms with Crippen molar-refractivity contribution in [3.8, 4) is 0 Å². The summed E-state index contributed by atoms with van der Waals surface area (Å²) in [6, 6.07) is 13.1. The minimum atomic E-state index is 0.284. The van der Waals surface area contributed by atoms with Gasteiger partial charge in [0.05, 0.1) is 0 Å². The second-order valence-electron chi connectivity index (χ2n) is 5.39. The van der Waals surface area contributed by atoms with Crippen molar-refractivity contribution in [3.63, 3.8) is 0 Å². The second-order valence-corrected chi connectivity index (χ2v) is 5.39. The van der Waals surface area contributed by atoms with Crippen molar-refractivity contribution in [1.82, 2.24) is 4.98 Å². The summed E-state index contributed by atoms with van der Waals surface area (Å²) >= 11 is 0. The van der Waals surface area contributed by atoms with Crippen LogP contribution in [-0.2, 0) is 0 Å². The molecule has 1 aromatic carbocycles. The normalized spacial score (nSPS) is 16.1. The Labute approximate surface area is 120 Å². The lowest BCUT2D eigenvalue weighted by Crippen LogP contribution is -2.17. The summed E-state index contributed by atoms with van der Waals surface area (Å²) in [5.74, 6) is 0. The molecule has 20 heavy (non-hydrogen) atoms. The quantitative estimate of drug-likeness (QED) is 0.912. The highest BCUT2D eigenvalue weighted by atomic mass is 15.1. The van der Waals surface area contributed by atoms with E-state index >= 15 is 0 Å². The van der Waals surface area contributed by atoms with E-state index in [0.717, 1.165) is 0 Å². The molecule has 1 N–H and O–H groups in total. The minimum absolute atomic E-state index is 0.284. The summed E-state index contributed by atoms with van der Waals surface area (Å²) in [6.45, 7) is 4.55. The molecule has 0 aliphatic carbocycles. The monoisotopic (exact) mass is 267 g/mol. The van der Waals surface area contributed by atoms with E-state index in [1.165, 1.54) is 42.9 Å². The maximum atomic E-state index is 4.07. The zero-order valence-electron chi connectivity index (χ0n) is 11.9. The minimum Gasteiger partial charge on any atom is -0.378 e. The third-order valence-electron chi connectivity index (χ3n) is 3.91. The van der Waals surface area contributed by atoms with Crippen molar-refractivity contribution in [2.45, 2.75) is 25.8 Å². The van der Waals surface area contributed by atoms with Gasteiger partial charge in [-0.1, -0.05) is 6.07 Å². The average molecular weight is 267 g/mol. The van der Waals surface area contributed by atoms with Crippen LogP contribution < -0.4 is 10.2 Å². The summed E-state index contributed by atoms with van der Waals surface area (Å²) in [5.41, 5.74) is 3.76. The summed E-state index contributed by atoms with van der Waals surface area (Å²) in [4.78, 5) is 6.53. The van der Waals surface area contributed by atoms with E-state index in [0.29, 0.717) is 0 Å². The van der Waals surface area contributed by atoms with E-state index in [2.05, 4.69) is 58.5 Å². The molecule has 1 fully saturated rings. The number of nitrogens with one attached hydrogen (secondary N) is 1. The predicted molar refractivity (Wildman–Crippen MR) is 84.2 cm³/mol. The van der Waals surface area contributed by atoms with Crippen molar-refractivity contribution in [3.05, 3.63) is 54.4 Å². The van der Waals surface area contributed by atoms with Gasteiger partial charge in [-0.25, -0.2) is 0 Å². The number of benzene rings is 1. The van der Waals surface area contributed by atoms with Gasteiger partial charge in [-0.3, -0.25) is 4.98 Å². The first kappa shape index (κ1) is 13.0. The third kappa shape index (κ3) is 2.93. The molecule has 1 aliphatic heterocycles. The molecule has 0 saturated carbocycles. The first-order valence-corrected chi connectivity index (χ1v) is 7.34. The van der Waals surface area contributed by atoms with Gasteiger partial charge in [0.1, 0.15) is 0 Å². The van der Waals surface area contributed by atoms with E-state index in [1.54, 1.807) is 0 Å². The fourth-order valence-corrected chi connectivity index (χ4v) is 2.75. The first-order chi connectivity index (χ1) is 9.83. The Hall–Kier alpha value is -2.03. The third-order valence-corrected chi connectivity index (χ3v) is 3.91. The van der Waals surface area contributed by atoms with Crippen molar-refractivity contribution >= 4 is 11.4 Å². The van der Waals surface area contributed by atoms with E-state index in [9.17, 15) is 0 Å². The lowest BCUT2D eigenvalue weighted by atomic mass is 10.1. The van der Waals surface area contributed by atoms with Crippen LogP contribution in [0.3, 0.4) is 0 Å². The van der Waals surface area contributed by atoms with Crippen LogP contribution in [0.4, 0.5) is 11.4 Å². The van der Waals surface area contributed by atoms with Gasteiger partial charge >= 0.3 is 0 Å². The van der Waals surface area contributed by atoms with Crippen LogP contribution in [0.2, 0.25) is 0 Å². The van der Waals surface area contributed by atoms with Gasteiger partial charge in [0.25, 0.3) is 0 Å². The molecule has 3 nitrogen and oxygen atoms in total. The Kier molecular flexibility index (Phi) is 3.86. The molecule has 1 aliphatic rings. The van der Waals surface area contributed by atoms with E-state index in [-0.39, 0.29) is 6.04 Å². The molecular weight excluding hydrogens is 246 g/mol. The zero-order chi connectivity index (χ0) is 13.8. The Morgan fingerprint density at radius 1 is 1.10 bits per heavy atom. The van der Waals surface area contributed by atoms with Gasteiger partial charge in [-0.2, -0.15) is 0 Å². The molecule has 1 atom stereocenters. The van der Waals surface area contributed by atoms with Gasteiger partial charge < -0.3 is 10.2 Å². The van der Waals surface area contributed by atoms with Gasteiger partial charge in [0.2, 0.25) is 0 Å². The smallest absolute Gasteiger partial charge is 0.0486 e. The Balaban J connectivity index is 1.72. The van der Waals surface area contributed by atoms with Crippen molar-refractivity contribution in [2.75, 3.05) is 23.3 Å². The van der Waals surface area contributed by atoms with E-state index in [1.807, 2.05) is 12.4 Å². The standard InChI is InChI=1S/C17H21N3/c1-14(15-7-9-18-10-8-15)19-16-5-4-6-17(13-16)20-11-2-3-12-20/h4-10,13-14,19H,2-3,11-12H2,1H3. The Morgan fingerprint density at radius 3 is 2.60 bits per heavy atom. The summed E-state index contributed by atoms with van der Waals surface area (Å²) in [5, 5.41) is 3.57. The molecule has 0 spiro atoms. The van der Waals surface area contributed by atoms with Gasteiger partial charge in [-0.15, -0.1) is 0 Å². The number of nitrogens with zero attached hydrogens (tertiary/aromatic N) is 2. The van der Waals surface area contributed by atoms with Gasteiger partial charge in [-0.05, 0) is 55.7 Å². The van der Waals surface area contributed by atoms with Crippen molar-refractivity contribution < 1.29 is 0 Å². The summed E-state index contributed by atoms with van der Waals surface area (Å²) < 4.78 is 0. The topological polar surface area (TPSA) is 28.2 Å². The van der Waals surface area contributed by atoms with Crippen LogP contribution in [0, 0.1) is 0 Å². The maximum absolute atomic E-state index is 4.07. The van der Waals surface area contributed by atoms with Gasteiger partial charge in [0.15, 0.2) is 0 Å². The molecule has 0 amide bonds. The lowest BCUT2D eigenvalue weighted by molar-refractivity contribution is 0.879. The maximum Gasteiger partial charge on any atom is 0.0486 e. The molecular formula is C17H21N3. The molecule has 1 saturated heterocycles. The van der Waals surface area contributed by atoms with Crippen LogP contribution in [0.25, 0.3) is 0 Å². The molecule has 104 valence electrons. The molecule has 3 heteroatoms. The molecule has 0 radical (unpaired) electrons. The Morgan fingerprint density at radius 2 is 1.85 bits per heavy atom. The van der Waals surface area contributed by atoms with Crippen LogP contribution in [0.15, 0.2) is 48.8 Å². The fraction of sp³-hybridized carbons (Fsp3) is 0.353. The molecule has 2 aromatic rings. The Bertz CT molecular complexity index is 547. The number of hydrogen-bond acceptors (Lipinski definition) is 3. The second kappa shape index (κ2) is 5.95. The largest absolute Gasteiger partial charge is 0.378 e. The highest BCUT2D eigenvalue weighted by molar-refractivity contribution is 5.59. The van der Waals surface area contributed by atoms with Crippen molar-refractivity contribution in [1.29, 1.82) is 0 Å². The fourth-order valence-electron chi connectivity index (χ4n) is 2.75. The summed E-state index contributed by atoms with van der Waals surface area (Å²) in [6.07, 6.45) is 6.30. The number of hydrogen-bond donors (Lipinski definition) is 1. The molecule has 1 aromatic heterocycles.